The zero-order valence-corrected chi connectivity index (χ0v) is 31.9. The summed E-state index contributed by atoms with van der Waals surface area (Å²) in [7, 11) is 7.50. The van der Waals surface area contributed by atoms with Crippen LogP contribution in [0.15, 0.2) is 24.5 Å². The van der Waals surface area contributed by atoms with Crippen LogP contribution in [-0.2, 0) is 42.9 Å². The van der Waals surface area contributed by atoms with E-state index in [1.807, 2.05) is 21.0 Å². The summed E-state index contributed by atoms with van der Waals surface area (Å²) < 4.78 is 22.6. The molecule has 7 rings (SSSR count). The van der Waals surface area contributed by atoms with Gasteiger partial charge in [0.1, 0.15) is 11.4 Å². The lowest BCUT2D eigenvalue weighted by Gasteiger charge is -2.60. The monoisotopic (exact) mass is 726 g/mol. The highest BCUT2D eigenvalue weighted by Crippen LogP contribution is 2.60. The van der Waals surface area contributed by atoms with E-state index < -0.39 is 17.7 Å². The Kier molecular flexibility index (Phi) is 11.8. The van der Waals surface area contributed by atoms with E-state index in [0.717, 1.165) is 51.5 Å². The molecule has 2 aromatic rings. The van der Waals surface area contributed by atoms with E-state index in [1.165, 1.54) is 0 Å². The maximum Gasteiger partial charge on any atom is 0.272 e. The summed E-state index contributed by atoms with van der Waals surface area (Å²) in [6.07, 6.45) is 9.98. The van der Waals surface area contributed by atoms with Crippen molar-refractivity contribution in [3.8, 4) is 0 Å². The van der Waals surface area contributed by atoms with Crippen LogP contribution in [0.2, 0.25) is 0 Å². The van der Waals surface area contributed by atoms with Gasteiger partial charge in [0.25, 0.3) is 11.8 Å². The van der Waals surface area contributed by atoms with Gasteiger partial charge in [-0.25, -0.2) is 9.78 Å². The van der Waals surface area contributed by atoms with Gasteiger partial charge in [-0.3, -0.25) is 14.4 Å². The summed E-state index contributed by atoms with van der Waals surface area (Å²) in [6, 6.07) is 3.30. The highest BCUT2D eigenvalue weighted by atomic mass is 17.3. The van der Waals surface area contributed by atoms with Gasteiger partial charge in [0.05, 0.1) is 11.4 Å². The van der Waals surface area contributed by atoms with E-state index in [-0.39, 0.29) is 35.8 Å². The second-order valence-electron chi connectivity index (χ2n) is 15.8. The standard InChI is InChI=1S/C38H58N6O8/c1-24-13-14-29-25(2)35(49-36-38(29)28(24)15-16-37(3,50-36)51-52-38)48-19-10-8-9-12-32(45)40-26-20-31(44(7)22-26)34(47)41-27-21-30(43(6)23-27)33(46)39-17-11-18-42(4)5/h20-25,28-29,35-36H,8-19H2,1-7H3,(H,39,46)(H,40,45)(H,41,47)/t24-,25-,28+,29+,35+,36-,37+,38-/m1/s1. The number of hydrogen-bond donors (Lipinski definition) is 3. The van der Waals surface area contributed by atoms with Gasteiger partial charge < -0.3 is 44.2 Å². The molecular formula is C38H58N6O8. The highest BCUT2D eigenvalue weighted by molar-refractivity contribution is 6.05. The van der Waals surface area contributed by atoms with Gasteiger partial charge in [-0.15, -0.1) is 0 Å². The average molecular weight is 727 g/mol. The summed E-state index contributed by atoms with van der Waals surface area (Å²) >= 11 is 0. The Morgan fingerprint density at radius 3 is 2.35 bits per heavy atom. The van der Waals surface area contributed by atoms with Gasteiger partial charge >= 0.3 is 0 Å². The lowest BCUT2D eigenvalue weighted by Crippen LogP contribution is -2.70. The fraction of sp³-hybridized carbons (Fsp3) is 0.711. The second kappa shape index (κ2) is 16.0. The first-order chi connectivity index (χ1) is 24.8. The molecule has 0 radical (unpaired) electrons. The number of ether oxygens (including phenoxy) is 3. The number of unbranched alkanes of at least 4 members (excludes halogenated alkanes) is 2. The molecule has 0 unspecified atom stereocenters. The molecule has 288 valence electrons. The number of hydrogen-bond acceptors (Lipinski definition) is 9. The van der Waals surface area contributed by atoms with Crippen LogP contribution in [-0.4, -0.2) is 89.5 Å². The molecule has 4 saturated heterocycles. The molecule has 5 aliphatic rings. The molecule has 14 heteroatoms. The van der Waals surface area contributed by atoms with Gasteiger partial charge in [-0.05, 0) is 90.1 Å². The molecule has 8 atom stereocenters. The minimum Gasteiger partial charge on any atom is -0.352 e. The van der Waals surface area contributed by atoms with E-state index in [1.54, 1.807) is 47.8 Å². The molecule has 5 fully saturated rings. The number of carbonyl (C=O) groups is 3. The number of aromatic nitrogens is 2. The van der Waals surface area contributed by atoms with Crippen molar-refractivity contribution < 1.29 is 38.4 Å². The van der Waals surface area contributed by atoms with Gasteiger partial charge in [0.2, 0.25) is 11.7 Å². The molecule has 1 spiro atoms. The molecule has 3 N–H and O–H groups in total. The van der Waals surface area contributed by atoms with E-state index >= 15 is 0 Å². The fourth-order valence-corrected chi connectivity index (χ4v) is 8.65. The third-order valence-electron chi connectivity index (χ3n) is 11.5. The van der Waals surface area contributed by atoms with E-state index in [9.17, 15) is 14.4 Å². The number of nitrogens with zero attached hydrogens (tertiary/aromatic N) is 3. The Balaban J connectivity index is 0.917. The first-order valence-electron chi connectivity index (χ1n) is 19.0. The van der Waals surface area contributed by atoms with Crippen LogP contribution in [0.5, 0.6) is 0 Å². The fourth-order valence-electron chi connectivity index (χ4n) is 8.65. The Hall–Kier alpha value is -3.27. The maximum atomic E-state index is 13.1. The molecule has 2 aromatic heterocycles. The van der Waals surface area contributed by atoms with Crippen molar-refractivity contribution >= 4 is 29.1 Å². The summed E-state index contributed by atoms with van der Waals surface area (Å²) in [6.45, 7) is 8.39. The van der Waals surface area contributed by atoms with Gasteiger partial charge in [0.15, 0.2) is 18.2 Å². The Bertz CT molecular complexity index is 1590. The van der Waals surface area contributed by atoms with E-state index in [2.05, 4.69) is 34.7 Å². The number of rotatable bonds is 15. The molecule has 2 bridgehead atoms. The smallest absolute Gasteiger partial charge is 0.272 e. The largest absolute Gasteiger partial charge is 0.352 e. The first-order valence-corrected chi connectivity index (χ1v) is 19.0. The zero-order valence-electron chi connectivity index (χ0n) is 31.9. The van der Waals surface area contributed by atoms with Crippen LogP contribution < -0.4 is 16.0 Å². The Morgan fingerprint density at radius 2 is 1.62 bits per heavy atom. The number of fused-ring (bicyclic) bond motifs is 2. The van der Waals surface area contributed by atoms with Crippen molar-refractivity contribution in [3.05, 3.63) is 35.9 Å². The molecule has 0 aromatic carbocycles. The van der Waals surface area contributed by atoms with Crippen LogP contribution in [0.4, 0.5) is 11.4 Å². The summed E-state index contributed by atoms with van der Waals surface area (Å²) in [5, 5.41) is 8.69. The number of anilines is 2. The van der Waals surface area contributed by atoms with Crippen molar-refractivity contribution in [1.82, 2.24) is 19.4 Å². The number of aryl methyl sites for hydroxylation is 2. The topological polar surface area (TPSA) is 147 Å². The van der Waals surface area contributed by atoms with Gasteiger partial charge in [-0.2, -0.15) is 0 Å². The van der Waals surface area contributed by atoms with Crippen molar-refractivity contribution in [2.24, 2.45) is 37.8 Å². The van der Waals surface area contributed by atoms with Crippen molar-refractivity contribution in [1.29, 1.82) is 0 Å². The van der Waals surface area contributed by atoms with Gasteiger partial charge in [-0.1, -0.05) is 20.3 Å². The van der Waals surface area contributed by atoms with Crippen LogP contribution >= 0.6 is 0 Å². The lowest BCUT2D eigenvalue weighted by atomic mass is 9.58. The molecule has 3 amide bonds. The lowest BCUT2D eigenvalue weighted by molar-refractivity contribution is -0.577. The normalized spacial score (nSPS) is 30.8. The quantitative estimate of drug-likeness (QED) is 0.170. The molecule has 4 aliphatic heterocycles. The average Bonchev–Trinajstić information content (AvgIpc) is 3.55. The third-order valence-corrected chi connectivity index (χ3v) is 11.5. The SMILES string of the molecule is C[C@H]1[C@@H](OCCCCCC(=O)Nc2cc(C(=O)Nc3cc(C(=O)NCCCN(C)C)n(C)c3)n(C)c2)O[C@@H]2O[C@]3(C)CC[C@H]4[C@H](C)CC[C@@H]1[C@@]24OO3. The molecule has 14 nitrogen and oxygen atoms in total. The maximum absolute atomic E-state index is 13.1. The number of carbonyl (C=O) groups excluding carboxylic acids is 3. The van der Waals surface area contributed by atoms with Crippen LogP contribution in [0.25, 0.3) is 0 Å². The van der Waals surface area contributed by atoms with Crippen molar-refractivity contribution in [3.63, 3.8) is 0 Å². The van der Waals surface area contributed by atoms with E-state index in [0.29, 0.717) is 60.6 Å². The molecule has 52 heavy (non-hydrogen) atoms. The summed E-state index contributed by atoms with van der Waals surface area (Å²) in [5.41, 5.74) is 1.29. The predicted octanol–water partition coefficient (Wildman–Crippen LogP) is 5.02. The third kappa shape index (κ3) is 8.12. The minimum absolute atomic E-state index is 0.116. The summed E-state index contributed by atoms with van der Waals surface area (Å²) in [4.78, 5) is 52.7. The number of nitrogens with one attached hydrogen (secondary N) is 3. The van der Waals surface area contributed by atoms with Crippen LogP contribution in [0.1, 0.15) is 99.5 Å². The van der Waals surface area contributed by atoms with Crippen molar-refractivity contribution in [2.45, 2.75) is 103 Å². The molecule has 1 saturated carbocycles. The first kappa shape index (κ1) is 38.5. The zero-order chi connectivity index (χ0) is 37.2. The van der Waals surface area contributed by atoms with Crippen molar-refractivity contribution in [2.75, 3.05) is 44.4 Å². The minimum atomic E-state index is -0.810. The highest BCUT2D eigenvalue weighted by Gasteiger charge is 2.69. The molecule has 6 heterocycles. The van der Waals surface area contributed by atoms with E-state index in [4.69, 9.17) is 24.0 Å². The molecular weight excluding hydrogens is 668 g/mol. The Morgan fingerprint density at radius 1 is 0.904 bits per heavy atom. The second-order valence-corrected chi connectivity index (χ2v) is 15.8. The Labute approximate surface area is 307 Å². The van der Waals surface area contributed by atoms with Crippen LogP contribution in [0, 0.1) is 23.7 Å². The number of amides is 3. The predicted molar refractivity (Wildman–Crippen MR) is 194 cm³/mol. The summed E-state index contributed by atoms with van der Waals surface area (Å²) in [5.74, 6) is -0.281. The molecule has 1 aliphatic carbocycles. The van der Waals surface area contributed by atoms with Crippen LogP contribution in [0.3, 0.4) is 0 Å². The van der Waals surface area contributed by atoms with Gasteiger partial charge in [0, 0.05) is 64.3 Å².